The number of carboxylic acids is 1. The molecule has 0 unspecified atom stereocenters. The van der Waals surface area contributed by atoms with Gasteiger partial charge >= 0.3 is 5.97 Å². The van der Waals surface area contributed by atoms with Crippen LogP contribution < -0.4 is 0 Å². The molecular formula is C12H6BrNO2S. The van der Waals surface area contributed by atoms with Gasteiger partial charge in [-0.05, 0) is 24.3 Å². The lowest BCUT2D eigenvalue weighted by atomic mass is 10.1. The Labute approximate surface area is 110 Å². The predicted molar refractivity (Wildman–Crippen MR) is 69.1 cm³/mol. The molecule has 2 aromatic rings. The molecule has 3 nitrogen and oxygen atoms in total. The lowest BCUT2D eigenvalue weighted by Gasteiger charge is -2.03. The Morgan fingerprint density at radius 2 is 2.12 bits per heavy atom. The molecule has 0 spiro atoms. The average molecular weight is 308 g/mol. The summed E-state index contributed by atoms with van der Waals surface area (Å²) in [6.07, 6.45) is 0. The molecule has 0 saturated carbocycles. The lowest BCUT2D eigenvalue weighted by Crippen LogP contribution is -1.98. The van der Waals surface area contributed by atoms with Gasteiger partial charge in [-0.3, -0.25) is 0 Å². The Balaban J connectivity index is 2.59. The van der Waals surface area contributed by atoms with Crippen molar-refractivity contribution in [3.8, 4) is 16.5 Å². The summed E-state index contributed by atoms with van der Waals surface area (Å²) in [4.78, 5) is 12.5. The van der Waals surface area contributed by atoms with Crippen molar-refractivity contribution in [2.75, 3.05) is 0 Å². The summed E-state index contributed by atoms with van der Waals surface area (Å²) in [6, 6.07) is 10.6. The van der Waals surface area contributed by atoms with E-state index in [0.717, 1.165) is 9.35 Å². The molecule has 0 aliphatic rings. The summed E-state index contributed by atoms with van der Waals surface area (Å²) < 4.78 is 0.718. The topological polar surface area (TPSA) is 61.1 Å². The van der Waals surface area contributed by atoms with Gasteiger partial charge in [-0.15, -0.1) is 11.3 Å². The summed E-state index contributed by atoms with van der Waals surface area (Å²) in [7, 11) is 0. The monoisotopic (exact) mass is 307 g/mol. The highest BCUT2D eigenvalue weighted by Crippen LogP contribution is 2.32. The van der Waals surface area contributed by atoms with E-state index in [2.05, 4.69) is 15.9 Å². The van der Waals surface area contributed by atoms with Crippen LogP contribution in [-0.4, -0.2) is 11.1 Å². The molecule has 2 rings (SSSR count). The molecule has 1 aromatic heterocycles. The van der Waals surface area contributed by atoms with Crippen LogP contribution in [0.1, 0.15) is 15.2 Å². The van der Waals surface area contributed by atoms with Gasteiger partial charge in [0.15, 0.2) is 0 Å². The highest BCUT2D eigenvalue weighted by atomic mass is 79.9. The second-order valence-corrected chi connectivity index (χ2v) is 5.27. The third-order valence-electron chi connectivity index (χ3n) is 2.19. The van der Waals surface area contributed by atoms with E-state index in [1.165, 1.54) is 11.3 Å². The van der Waals surface area contributed by atoms with Crippen LogP contribution in [0, 0.1) is 11.3 Å². The van der Waals surface area contributed by atoms with E-state index >= 15 is 0 Å². The van der Waals surface area contributed by atoms with Crippen LogP contribution in [0.25, 0.3) is 10.4 Å². The zero-order valence-corrected chi connectivity index (χ0v) is 10.9. The van der Waals surface area contributed by atoms with E-state index in [1.807, 2.05) is 6.07 Å². The maximum atomic E-state index is 11.1. The van der Waals surface area contributed by atoms with Crippen molar-refractivity contribution in [1.82, 2.24) is 0 Å². The number of hydrogen-bond donors (Lipinski definition) is 1. The van der Waals surface area contributed by atoms with Crippen molar-refractivity contribution in [1.29, 1.82) is 5.26 Å². The molecule has 17 heavy (non-hydrogen) atoms. The molecule has 0 aliphatic carbocycles. The van der Waals surface area contributed by atoms with E-state index < -0.39 is 5.97 Å². The first kappa shape index (κ1) is 11.8. The Morgan fingerprint density at radius 3 is 2.71 bits per heavy atom. The maximum absolute atomic E-state index is 11.1. The van der Waals surface area contributed by atoms with Crippen molar-refractivity contribution < 1.29 is 9.90 Å². The van der Waals surface area contributed by atoms with Gasteiger partial charge in [-0.1, -0.05) is 22.0 Å². The fourth-order valence-corrected chi connectivity index (χ4v) is 2.65. The SMILES string of the molecule is N#Cc1ccc(-c2ccc(Br)cc2C(=O)O)s1. The molecule has 0 atom stereocenters. The van der Waals surface area contributed by atoms with Gasteiger partial charge in [-0.25, -0.2) is 4.79 Å². The number of carbonyl (C=O) groups is 1. The quantitative estimate of drug-likeness (QED) is 0.919. The number of nitrogens with zero attached hydrogens (tertiary/aromatic N) is 1. The van der Waals surface area contributed by atoms with Crippen LogP contribution >= 0.6 is 27.3 Å². The van der Waals surface area contributed by atoms with Gasteiger partial charge in [0, 0.05) is 14.9 Å². The van der Waals surface area contributed by atoms with Gasteiger partial charge in [0.2, 0.25) is 0 Å². The Bertz CT molecular complexity index is 628. The Hall–Kier alpha value is -1.64. The number of halogens is 1. The standard InChI is InChI=1S/C12H6BrNO2S/c13-7-1-3-9(10(5-7)12(15)16)11-4-2-8(6-14)17-11/h1-5H,(H,15,16). The molecule has 84 valence electrons. The van der Waals surface area contributed by atoms with Gasteiger partial charge in [0.05, 0.1) is 5.56 Å². The van der Waals surface area contributed by atoms with Crippen LogP contribution in [0.4, 0.5) is 0 Å². The second kappa shape index (κ2) is 4.70. The third-order valence-corrected chi connectivity index (χ3v) is 3.71. The number of carboxylic acid groups (broad SMARTS) is 1. The fraction of sp³-hybridized carbons (Fsp3) is 0. The number of benzene rings is 1. The van der Waals surface area contributed by atoms with E-state index in [4.69, 9.17) is 10.4 Å². The van der Waals surface area contributed by atoms with E-state index in [-0.39, 0.29) is 5.56 Å². The number of thiophene rings is 1. The Morgan fingerprint density at radius 1 is 1.35 bits per heavy atom. The first-order valence-electron chi connectivity index (χ1n) is 4.65. The number of nitriles is 1. The molecule has 1 N–H and O–H groups in total. The van der Waals surface area contributed by atoms with Crippen LogP contribution in [0.15, 0.2) is 34.8 Å². The summed E-state index contributed by atoms with van der Waals surface area (Å²) in [5.74, 6) is -0.979. The number of rotatable bonds is 2. The van der Waals surface area contributed by atoms with Crippen LogP contribution in [0.5, 0.6) is 0 Å². The number of hydrogen-bond acceptors (Lipinski definition) is 3. The molecule has 0 amide bonds. The highest BCUT2D eigenvalue weighted by molar-refractivity contribution is 9.10. The second-order valence-electron chi connectivity index (χ2n) is 3.27. The molecule has 0 saturated heterocycles. The fourth-order valence-electron chi connectivity index (χ4n) is 1.45. The smallest absolute Gasteiger partial charge is 0.336 e. The van der Waals surface area contributed by atoms with Crippen molar-refractivity contribution in [2.45, 2.75) is 0 Å². The minimum Gasteiger partial charge on any atom is -0.478 e. The van der Waals surface area contributed by atoms with E-state index in [9.17, 15) is 4.79 Å². The van der Waals surface area contributed by atoms with Crippen LogP contribution in [0.3, 0.4) is 0 Å². The summed E-state index contributed by atoms with van der Waals surface area (Å²) in [5.41, 5.74) is 0.859. The minimum absolute atomic E-state index is 0.228. The zero-order chi connectivity index (χ0) is 12.4. The minimum atomic E-state index is -0.979. The molecular weight excluding hydrogens is 302 g/mol. The normalized spacial score (nSPS) is 9.88. The molecule has 0 bridgehead atoms. The van der Waals surface area contributed by atoms with Crippen molar-refractivity contribution in [3.05, 3.63) is 45.2 Å². The zero-order valence-electron chi connectivity index (χ0n) is 8.48. The van der Waals surface area contributed by atoms with Crippen LogP contribution in [0.2, 0.25) is 0 Å². The molecule has 5 heteroatoms. The molecule has 1 heterocycles. The first-order chi connectivity index (χ1) is 8.11. The molecule has 0 fully saturated rings. The highest BCUT2D eigenvalue weighted by Gasteiger charge is 2.13. The maximum Gasteiger partial charge on any atom is 0.336 e. The number of aromatic carboxylic acids is 1. The van der Waals surface area contributed by atoms with Crippen molar-refractivity contribution in [2.24, 2.45) is 0 Å². The summed E-state index contributed by atoms with van der Waals surface area (Å²) in [6.45, 7) is 0. The van der Waals surface area contributed by atoms with E-state index in [0.29, 0.717) is 10.4 Å². The Kier molecular flexibility index (Phi) is 3.27. The molecule has 0 aliphatic heterocycles. The average Bonchev–Trinajstić information content (AvgIpc) is 2.77. The molecule has 1 aromatic carbocycles. The van der Waals surface area contributed by atoms with Crippen LogP contribution in [-0.2, 0) is 0 Å². The largest absolute Gasteiger partial charge is 0.478 e. The van der Waals surface area contributed by atoms with Gasteiger partial charge in [-0.2, -0.15) is 5.26 Å². The van der Waals surface area contributed by atoms with Crippen molar-refractivity contribution in [3.63, 3.8) is 0 Å². The summed E-state index contributed by atoms with van der Waals surface area (Å²) >= 11 is 4.53. The lowest BCUT2D eigenvalue weighted by molar-refractivity contribution is 0.0697. The summed E-state index contributed by atoms with van der Waals surface area (Å²) in [5, 5.41) is 17.9. The van der Waals surface area contributed by atoms with Gasteiger partial charge in [0.25, 0.3) is 0 Å². The first-order valence-corrected chi connectivity index (χ1v) is 6.26. The predicted octanol–water partition coefficient (Wildman–Crippen LogP) is 3.75. The third kappa shape index (κ3) is 2.38. The van der Waals surface area contributed by atoms with Crippen molar-refractivity contribution >= 4 is 33.2 Å². The van der Waals surface area contributed by atoms with Gasteiger partial charge < -0.3 is 5.11 Å². The van der Waals surface area contributed by atoms with Gasteiger partial charge in [0.1, 0.15) is 10.9 Å². The molecule has 0 radical (unpaired) electrons. The van der Waals surface area contributed by atoms with E-state index in [1.54, 1.807) is 30.3 Å².